The van der Waals surface area contributed by atoms with Crippen LogP contribution in [0, 0.1) is 0 Å². The summed E-state index contributed by atoms with van der Waals surface area (Å²) in [6.07, 6.45) is 0. The normalized spacial score (nSPS) is 8.75. The van der Waals surface area contributed by atoms with Crippen molar-refractivity contribution >= 4 is 30.1 Å². The van der Waals surface area contributed by atoms with Gasteiger partial charge in [0.1, 0.15) is 0 Å². The second kappa shape index (κ2) is 5.45. The molecule has 0 bridgehead atoms. The maximum absolute atomic E-state index is 10.1. The molecule has 3 nitrogen and oxygen atoms in total. The fourth-order valence-electron chi connectivity index (χ4n) is 0.132. The number of carbonyl (C=O) groups excluding carboxylic acids is 1. The molecule has 0 saturated heterocycles. The number of hydrogen-bond donors (Lipinski definition) is 0. The maximum atomic E-state index is 10.1. The van der Waals surface area contributed by atoms with E-state index in [1.54, 1.807) is 0 Å². The topological polar surface area (TPSA) is 35.5 Å². The Morgan fingerprint density at radius 2 is 2.38 bits per heavy atom. The Kier molecular flexibility index (Phi) is 5.66. The fourth-order valence-corrected chi connectivity index (χ4v) is 1.15. The summed E-state index contributed by atoms with van der Waals surface area (Å²) in [7, 11) is 0. The van der Waals surface area contributed by atoms with Gasteiger partial charge >= 0.3 is 61.0 Å². The summed E-state index contributed by atoms with van der Waals surface area (Å²) in [5.74, 6) is -0.227. The van der Waals surface area contributed by atoms with E-state index >= 15 is 0 Å². The summed E-state index contributed by atoms with van der Waals surface area (Å²) in [5, 5.41) is 0. The molecule has 4 heteroatoms. The standard InChI is InChI=1S/C2H4O2.C2H5O.Bi/c1-2(3)4;1-2-3;/h1H3,(H,3,4);2H2,1H3;/q;-1;+2/p-1. The molecule has 0 aromatic rings. The van der Waals surface area contributed by atoms with Gasteiger partial charge in [-0.05, 0) is 0 Å². The molecule has 47 valence electrons. The monoisotopic (exact) mass is 313 g/mol. The van der Waals surface area contributed by atoms with Crippen LogP contribution in [0.15, 0.2) is 0 Å². The molecule has 1 radical (unpaired) electrons. The predicted octanol–water partition coefficient (Wildman–Crippen LogP) is 0.120. The summed E-state index contributed by atoms with van der Waals surface area (Å²) in [5.41, 5.74) is 0. The van der Waals surface area contributed by atoms with E-state index in [9.17, 15) is 4.79 Å². The van der Waals surface area contributed by atoms with Crippen LogP contribution in [-0.2, 0) is 10.4 Å². The van der Waals surface area contributed by atoms with Gasteiger partial charge in [-0.25, -0.2) is 0 Å². The van der Waals surface area contributed by atoms with Crippen LogP contribution in [0.5, 0.6) is 0 Å². The van der Waals surface area contributed by atoms with E-state index < -0.39 is 24.1 Å². The molecule has 0 fully saturated rings. The van der Waals surface area contributed by atoms with Gasteiger partial charge in [-0.1, -0.05) is 0 Å². The second-order valence-corrected chi connectivity index (χ2v) is 3.37. The first-order chi connectivity index (χ1) is 3.77. The molecule has 8 heavy (non-hydrogen) atoms. The van der Waals surface area contributed by atoms with Crippen LogP contribution in [0.25, 0.3) is 0 Å². The SMILES string of the molecule is CC[O][Bi][O]C(C)=O. The summed E-state index contributed by atoms with van der Waals surface area (Å²) in [6.45, 7) is 3.93. The Balaban J connectivity index is 2.82. The van der Waals surface area contributed by atoms with E-state index in [1.165, 1.54) is 6.92 Å². The van der Waals surface area contributed by atoms with Crippen molar-refractivity contribution in [2.75, 3.05) is 6.61 Å². The minimum absolute atomic E-state index is 0.227. The first kappa shape index (κ1) is 8.31. The van der Waals surface area contributed by atoms with Crippen LogP contribution in [-0.4, -0.2) is 36.7 Å². The van der Waals surface area contributed by atoms with E-state index in [2.05, 4.69) is 2.81 Å². The third-order valence-corrected chi connectivity index (χ3v) is 3.05. The fraction of sp³-hybridized carbons (Fsp3) is 0.750. The summed E-state index contributed by atoms with van der Waals surface area (Å²) >= 11 is -1.30. The molecule has 0 atom stereocenters. The Bertz CT molecular complexity index is 73.7. The van der Waals surface area contributed by atoms with Gasteiger partial charge in [0.05, 0.1) is 0 Å². The van der Waals surface area contributed by atoms with Crippen LogP contribution in [0.3, 0.4) is 0 Å². The van der Waals surface area contributed by atoms with E-state index in [-0.39, 0.29) is 5.97 Å². The van der Waals surface area contributed by atoms with Crippen LogP contribution in [0.4, 0.5) is 0 Å². The van der Waals surface area contributed by atoms with Gasteiger partial charge in [-0.2, -0.15) is 0 Å². The van der Waals surface area contributed by atoms with Gasteiger partial charge in [0.2, 0.25) is 0 Å². The van der Waals surface area contributed by atoms with Gasteiger partial charge in [-0.3, -0.25) is 0 Å². The zero-order valence-electron chi connectivity index (χ0n) is 4.88. The molecule has 0 aliphatic carbocycles. The molecular weight excluding hydrogens is 305 g/mol. The van der Waals surface area contributed by atoms with E-state index in [0.717, 1.165) is 0 Å². The van der Waals surface area contributed by atoms with Crippen LogP contribution >= 0.6 is 0 Å². The third-order valence-electron chi connectivity index (χ3n) is 0.348. The van der Waals surface area contributed by atoms with Gasteiger partial charge in [0, 0.05) is 0 Å². The average Bonchev–Trinajstić information content (AvgIpc) is 1.66. The molecule has 0 amide bonds. The van der Waals surface area contributed by atoms with E-state index in [1.807, 2.05) is 6.92 Å². The molecule has 0 aromatic carbocycles. The number of hydrogen-bond acceptors (Lipinski definition) is 3. The van der Waals surface area contributed by atoms with E-state index in [0.29, 0.717) is 6.61 Å². The van der Waals surface area contributed by atoms with Crippen LogP contribution in [0.2, 0.25) is 0 Å². The molecule has 0 rings (SSSR count). The van der Waals surface area contributed by atoms with Crippen molar-refractivity contribution in [1.29, 1.82) is 0 Å². The summed E-state index contributed by atoms with van der Waals surface area (Å²) < 4.78 is 9.48. The number of carbonyl (C=O) groups is 1. The zero-order chi connectivity index (χ0) is 6.41. The molecule has 0 spiro atoms. The minimum atomic E-state index is -1.30. The quantitative estimate of drug-likeness (QED) is 0.548. The zero-order valence-corrected chi connectivity index (χ0v) is 8.36. The molecule has 0 unspecified atom stereocenters. The molecular formula is C4H8BiO3. The second-order valence-electron chi connectivity index (χ2n) is 1.08. The van der Waals surface area contributed by atoms with Crippen molar-refractivity contribution in [3.8, 4) is 0 Å². The van der Waals surface area contributed by atoms with Crippen molar-refractivity contribution in [3.63, 3.8) is 0 Å². The Labute approximate surface area is 61.2 Å². The van der Waals surface area contributed by atoms with Gasteiger partial charge in [0.15, 0.2) is 0 Å². The Morgan fingerprint density at radius 1 is 1.75 bits per heavy atom. The Hall–Kier alpha value is 0.313. The summed E-state index contributed by atoms with van der Waals surface area (Å²) in [4.78, 5) is 10.1. The van der Waals surface area contributed by atoms with Gasteiger partial charge in [-0.15, -0.1) is 0 Å². The third kappa shape index (κ3) is 6.31. The van der Waals surface area contributed by atoms with Gasteiger partial charge < -0.3 is 0 Å². The van der Waals surface area contributed by atoms with Crippen molar-refractivity contribution in [2.45, 2.75) is 13.8 Å². The van der Waals surface area contributed by atoms with Gasteiger partial charge in [0.25, 0.3) is 0 Å². The molecule has 0 aliphatic heterocycles. The first-order valence-corrected chi connectivity index (χ1v) is 5.11. The van der Waals surface area contributed by atoms with Crippen molar-refractivity contribution in [3.05, 3.63) is 0 Å². The van der Waals surface area contributed by atoms with Crippen molar-refractivity contribution in [1.82, 2.24) is 0 Å². The molecule has 0 aliphatic rings. The molecule has 0 N–H and O–H groups in total. The average molecular weight is 313 g/mol. The van der Waals surface area contributed by atoms with Crippen LogP contribution in [0.1, 0.15) is 13.8 Å². The summed E-state index contributed by atoms with van der Waals surface area (Å²) in [6, 6.07) is 0. The molecule has 0 aromatic heterocycles. The Morgan fingerprint density at radius 3 is 2.75 bits per heavy atom. The van der Waals surface area contributed by atoms with Crippen molar-refractivity contribution in [2.24, 2.45) is 0 Å². The van der Waals surface area contributed by atoms with E-state index in [4.69, 9.17) is 2.81 Å². The van der Waals surface area contributed by atoms with Crippen LogP contribution < -0.4 is 0 Å². The predicted molar refractivity (Wildman–Crippen MR) is 29.1 cm³/mol. The molecule has 0 saturated carbocycles. The molecule has 0 heterocycles. The first-order valence-electron chi connectivity index (χ1n) is 2.27. The number of rotatable bonds is 3. The van der Waals surface area contributed by atoms with Crippen molar-refractivity contribution < 1.29 is 10.4 Å².